The first kappa shape index (κ1) is 13.5. The number of likely N-dealkylation sites (tertiary alicyclic amines) is 1. The molecule has 4 heteroatoms. The van der Waals surface area contributed by atoms with Crippen LogP contribution in [0, 0.1) is 0 Å². The van der Waals surface area contributed by atoms with Crippen molar-refractivity contribution in [3.63, 3.8) is 0 Å². The minimum Gasteiger partial charge on any atom is -0.480 e. The highest BCUT2D eigenvalue weighted by molar-refractivity contribution is 5.73. The number of aliphatic carboxylic acids is 1. The summed E-state index contributed by atoms with van der Waals surface area (Å²) in [4.78, 5) is 13.4. The maximum Gasteiger partial charge on any atom is 0.320 e. The van der Waals surface area contributed by atoms with Gasteiger partial charge in [-0.1, -0.05) is 13.3 Å². The smallest absolute Gasteiger partial charge is 0.320 e. The van der Waals surface area contributed by atoms with Crippen LogP contribution in [0.4, 0.5) is 0 Å². The topological polar surface area (TPSA) is 52.6 Å². The Balaban J connectivity index is 2.39. The van der Waals surface area contributed by atoms with Gasteiger partial charge in [0, 0.05) is 18.6 Å². The zero-order valence-corrected chi connectivity index (χ0v) is 10.6. The van der Waals surface area contributed by atoms with Crippen LogP contribution in [0.5, 0.6) is 0 Å². The minimum atomic E-state index is -0.718. The van der Waals surface area contributed by atoms with E-state index >= 15 is 0 Å². The summed E-state index contributed by atoms with van der Waals surface area (Å²) in [6.07, 6.45) is 2.68. The lowest BCUT2D eigenvalue weighted by atomic mass is 10.1. The molecular weight excluding hydrogens is 204 g/mol. The van der Waals surface area contributed by atoms with Crippen LogP contribution in [-0.2, 0) is 4.79 Å². The highest BCUT2D eigenvalue weighted by atomic mass is 16.4. The van der Waals surface area contributed by atoms with Crippen LogP contribution >= 0.6 is 0 Å². The Hall–Kier alpha value is -0.610. The fourth-order valence-corrected chi connectivity index (χ4v) is 2.24. The number of nitrogens with zero attached hydrogens (tertiary/aromatic N) is 1. The Morgan fingerprint density at radius 1 is 1.56 bits per heavy atom. The van der Waals surface area contributed by atoms with Gasteiger partial charge >= 0.3 is 5.97 Å². The van der Waals surface area contributed by atoms with Crippen molar-refractivity contribution in [1.82, 2.24) is 10.2 Å². The van der Waals surface area contributed by atoms with Crippen molar-refractivity contribution in [2.45, 2.75) is 58.2 Å². The summed E-state index contributed by atoms with van der Waals surface area (Å²) in [5.41, 5.74) is 0. The highest BCUT2D eigenvalue weighted by Gasteiger charge is 2.27. The van der Waals surface area contributed by atoms with Crippen molar-refractivity contribution in [3.8, 4) is 0 Å². The number of carbonyl (C=O) groups is 1. The van der Waals surface area contributed by atoms with Crippen LogP contribution in [0.15, 0.2) is 0 Å². The molecule has 0 radical (unpaired) electrons. The van der Waals surface area contributed by atoms with E-state index in [0.29, 0.717) is 18.5 Å². The zero-order valence-electron chi connectivity index (χ0n) is 10.6. The van der Waals surface area contributed by atoms with Crippen LogP contribution in [-0.4, -0.2) is 47.2 Å². The summed E-state index contributed by atoms with van der Waals surface area (Å²) in [5, 5.41) is 12.3. The second kappa shape index (κ2) is 6.21. The van der Waals surface area contributed by atoms with Gasteiger partial charge in [-0.05, 0) is 33.2 Å². The predicted molar refractivity (Wildman–Crippen MR) is 64.6 cm³/mol. The lowest BCUT2D eigenvalue weighted by Crippen LogP contribution is -2.45. The van der Waals surface area contributed by atoms with E-state index in [-0.39, 0.29) is 6.04 Å². The number of hydrogen-bond donors (Lipinski definition) is 2. The monoisotopic (exact) mass is 228 g/mol. The summed E-state index contributed by atoms with van der Waals surface area (Å²) in [5.74, 6) is -0.718. The molecular formula is C12H24N2O2. The average Bonchev–Trinajstić information content (AvgIpc) is 2.65. The van der Waals surface area contributed by atoms with E-state index in [1.54, 1.807) is 0 Å². The second-order valence-electron chi connectivity index (χ2n) is 4.92. The number of rotatable bonds is 6. The second-order valence-corrected chi connectivity index (χ2v) is 4.92. The zero-order chi connectivity index (χ0) is 12.1. The lowest BCUT2D eigenvalue weighted by Gasteiger charge is -2.22. The Labute approximate surface area is 98.0 Å². The molecule has 2 unspecified atom stereocenters. The van der Waals surface area contributed by atoms with Crippen LogP contribution in [0.3, 0.4) is 0 Å². The largest absolute Gasteiger partial charge is 0.480 e. The fourth-order valence-electron chi connectivity index (χ4n) is 2.24. The summed E-state index contributed by atoms with van der Waals surface area (Å²) in [6.45, 7) is 8.44. The van der Waals surface area contributed by atoms with Gasteiger partial charge in [0.2, 0.25) is 0 Å². The number of carboxylic acid groups (broad SMARTS) is 1. The van der Waals surface area contributed by atoms with Crippen LogP contribution < -0.4 is 5.32 Å². The molecule has 0 aliphatic carbocycles. The van der Waals surface area contributed by atoms with E-state index in [4.69, 9.17) is 5.11 Å². The maximum absolute atomic E-state index is 11.0. The first-order valence-corrected chi connectivity index (χ1v) is 6.27. The normalized spacial score (nSPS) is 23.9. The molecule has 0 aromatic carbocycles. The molecule has 0 aromatic heterocycles. The van der Waals surface area contributed by atoms with Crippen LogP contribution in [0.1, 0.15) is 40.0 Å². The van der Waals surface area contributed by atoms with Crippen LogP contribution in [0.25, 0.3) is 0 Å². The molecule has 0 aromatic rings. The molecule has 1 aliphatic rings. The quantitative estimate of drug-likeness (QED) is 0.720. The van der Waals surface area contributed by atoms with Gasteiger partial charge in [-0.3, -0.25) is 9.69 Å². The van der Waals surface area contributed by atoms with E-state index in [1.807, 2.05) is 6.92 Å². The summed E-state index contributed by atoms with van der Waals surface area (Å²) >= 11 is 0. The van der Waals surface area contributed by atoms with E-state index in [9.17, 15) is 4.79 Å². The third-order valence-corrected chi connectivity index (χ3v) is 3.26. The molecule has 4 nitrogen and oxygen atoms in total. The third kappa shape index (κ3) is 3.76. The van der Waals surface area contributed by atoms with Crippen molar-refractivity contribution in [1.29, 1.82) is 0 Å². The van der Waals surface area contributed by atoms with E-state index < -0.39 is 5.97 Å². The van der Waals surface area contributed by atoms with Crippen molar-refractivity contribution in [2.24, 2.45) is 0 Å². The lowest BCUT2D eigenvalue weighted by molar-refractivity contribution is -0.139. The van der Waals surface area contributed by atoms with E-state index in [2.05, 4.69) is 24.1 Å². The molecule has 2 atom stereocenters. The number of carboxylic acids is 1. The van der Waals surface area contributed by atoms with Gasteiger partial charge in [0.15, 0.2) is 0 Å². The van der Waals surface area contributed by atoms with Gasteiger partial charge < -0.3 is 10.4 Å². The number of nitrogens with one attached hydrogen (secondary N) is 1. The third-order valence-electron chi connectivity index (χ3n) is 3.26. The molecule has 0 spiro atoms. The summed E-state index contributed by atoms with van der Waals surface area (Å²) < 4.78 is 0. The summed E-state index contributed by atoms with van der Waals surface area (Å²) in [7, 11) is 0. The molecule has 1 rings (SSSR count). The van der Waals surface area contributed by atoms with Crippen molar-refractivity contribution < 1.29 is 9.90 Å². The average molecular weight is 228 g/mol. The molecule has 0 amide bonds. The molecule has 1 aliphatic heterocycles. The van der Waals surface area contributed by atoms with Gasteiger partial charge in [0.25, 0.3) is 0 Å². The Morgan fingerprint density at radius 3 is 2.69 bits per heavy atom. The Bertz CT molecular complexity index is 231. The predicted octanol–water partition coefficient (Wildman–Crippen LogP) is 1.31. The minimum absolute atomic E-state index is 0.343. The number of hydrogen-bond acceptors (Lipinski definition) is 3. The van der Waals surface area contributed by atoms with E-state index in [1.165, 1.54) is 0 Å². The van der Waals surface area contributed by atoms with Gasteiger partial charge in [0.1, 0.15) is 6.04 Å². The van der Waals surface area contributed by atoms with Gasteiger partial charge in [-0.15, -0.1) is 0 Å². The standard InChI is InChI=1S/C12H24N2O2/c1-4-5-11(12(15)16)13-10-6-7-14(8-10)9(2)3/h9-11,13H,4-8H2,1-3H3,(H,15,16). The molecule has 2 N–H and O–H groups in total. The molecule has 1 saturated heterocycles. The summed E-state index contributed by atoms with van der Waals surface area (Å²) in [6, 6.07) is 0.526. The molecule has 1 heterocycles. The molecule has 1 fully saturated rings. The van der Waals surface area contributed by atoms with Crippen molar-refractivity contribution >= 4 is 5.97 Å². The van der Waals surface area contributed by atoms with Gasteiger partial charge in [-0.25, -0.2) is 0 Å². The van der Waals surface area contributed by atoms with Crippen molar-refractivity contribution in [2.75, 3.05) is 13.1 Å². The fraction of sp³-hybridized carbons (Fsp3) is 0.917. The van der Waals surface area contributed by atoms with Crippen molar-refractivity contribution in [3.05, 3.63) is 0 Å². The Kier molecular flexibility index (Phi) is 5.22. The maximum atomic E-state index is 11.0. The van der Waals surface area contributed by atoms with Crippen LogP contribution in [0.2, 0.25) is 0 Å². The van der Waals surface area contributed by atoms with E-state index in [0.717, 1.165) is 25.9 Å². The molecule has 0 bridgehead atoms. The first-order chi connectivity index (χ1) is 7.54. The SMILES string of the molecule is CCCC(NC1CCN(C(C)C)C1)C(=O)O. The molecule has 16 heavy (non-hydrogen) atoms. The molecule has 0 saturated carbocycles. The Morgan fingerprint density at radius 2 is 2.25 bits per heavy atom. The highest BCUT2D eigenvalue weighted by Crippen LogP contribution is 2.13. The van der Waals surface area contributed by atoms with Gasteiger partial charge in [0.05, 0.1) is 0 Å². The van der Waals surface area contributed by atoms with Gasteiger partial charge in [-0.2, -0.15) is 0 Å². The first-order valence-electron chi connectivity index (χ1n) is 6.27. The molecule has 94 valence electrons.